The van der Waals surface area contributed by atoms with Crippen molar-refractivity contribution in [3.8, 4) is 5.69 Å². The molecule has 0 saturated heterocycles. The van der Waals surface area contributed by atoms with E-state index in [1.165, 1.54) is 0 Å². The Morgan fingerprint density at radius 3 is 2.62 bits per heavy atom. The number of rotatable bonds is 2. The van der Waals surface area contributed by atoms with Gasteiger partial charge >= 0.3 is 0 Å². The molecule has 0 bridgehead atoms. The van der Waals surface area contributed by atoms with Gasteiger partial charge in [0.15, 0.2) is 0 Å². The first-order valence-corrected chi connectivity index (χ1v) is 5.50. The summed E-state index contributed by atoms with van der Waals surface area (Å²) in [5.41, 5.74) is 9.69. The van der Waals surface area contributed by atoms with E-state index in [4.69, 9.17) is 17.3 Å². The standard InChI is InChI=1S/C12H14ClN3/c1-8-9(2)16(7-15-8)11-4-3-10(6-14)12(13)5-11/h3-5,7H,6,14H2,1-2H3. The average molecular weight is 236 g/mol. The summed E-state index contributed by atoms with van der Waals surface area (Å²) >= 11 is 6.12. The molecular weight excluding hydrogens is 222 g/mol. The van der Waals surface area contributed by atoms with Crippen molar-refractivity contribution in [3.05, 3.63) is 46.5 Å². The van der Waals surface area contributed by atoms with Crippen LogP contribution in [0.5, 0.6) is 0 Å². The normalized spacial score (nSPS) is 10.8. The van der Waals surface area contributed by atoms with Crippen LogP contribution in [0.25, 0.3) is 5.69 Å². The monoisotopic (exact) mass is 235 g/mol. The predicted octanol–water partition coefficient (Wildman–Crippen LogP) is 2.60. The summed E-state index contributed by atoms with van der Waals surface area (Å²) in [6, 6.07) is 5.87. The molecule has 1 aromatic heterocycles. The van der Waals surface area contributed by atoms with Gasteiger partial charge in [0, 0.05) is 22.9 Å². The molecule has 2 N–H and O–H groups in total. The highest BCUT2D eigenvalue weighted by Crippen LogP contribution is 2.21. The smallest absolute Gasteiger partial charge is 0.0997 e. The van der Waals surface area contributed by atoms with Crippen LogP contribution in [0.15, 0.2) is 24.5 Å². The molecule has 0 saturated carbocycles. The van der Waals surface area contributed by atoms with E-state index in [0.29, 0.717) is 11.6 Å². The Bertz CT molecular complexity index is 517. The predicted molar refractivity (Wildman–Crippen MR) is 65.9 cm³/mol. The van der Waals surface area contributed by atoms with E-state index in [1.54, 1.807) is 6.33 Å². The topological polar surface area (TPSA) is 43.8 Å². The van der Waals surface area contributed by atoms with Gasteiger partial charge in [0.25, 0.3) is 0 Å². The zero-order chi connectivity index (χ0) is 11.7. The zero-order valence-corrected chi connectivity index (χ0v) is 10.1. The number of aryl methyl sites for hydroxylation is 1. The van der Waals surface area contributed by atoms with Crippen LogP contribution in [0.3, 0.4) is 0 Å². The highest BCUT2D eigenvalue weighted by Gasteiger charge is 2.06. The van der Waals surface area contributed by atoms with Gasteiger partial charge in [-0.15, -0.1) is 0 Å². The van der Waals surface area contributed by atoms with E-state index >= 15 is 0 Å². The number of benzene rings is 1. The number of hydrogen-bond donors (Lipinski definition) is 1. The van der Waals surface area contributed by atoms with Gasteiger partial charge in [0.2, 0.25) is 0 Å². The zero-order valence-electron chi connectivity index (χ0n) is 9.37. The minimum absolute atomic E-state index is 0.459. The molecule has 0 radical (unpaired) electrons. The maximum atomic E-state index is 6.12. The van der Waals surface area contributed by atoms with Crippen LogP contribution < -0.4 is 5.73 Å². The molecule has 1 heterocycles. The molecule has 0 spiro atoms. The lowest BCUT2D eigenvalue weighted by Crippen LogP contribution is -2.00. The number of nitrogens with two attached hydrogens (primary N) is 1. The van der Waals surface area contributed by atoms with Gasteiger partial charge in [-0.1, -0.05) is 17.7 Å². The second-order valence-corrected chi connectivity index (χ2v) is 4.17. The molecule has 2 rings (SSSR count). The third-order valence-electron chi connectivity index (χ3n) is 2.79. The lowest BCUT2D eigenvalue weighted by Gasteiger charge is -2.08. The first-order chi connectivity index (χ1) is 7.63. The molecular formula is C12H14ClN3. The van der Waals surface area contributed by atoms with Gasteiger partial charge in [-0.05, 0) is 31.5 Å². The Balaban J connectivity index is 2.49. The summed E-state index contributed by atoms with van der Waals surface area (Å²) in [5.74, 6) is 0. The lowest BCUT2D eigenvalue weighted by molar-refractivity contribution is 0.993. The number of hydrogen-bond acceptors (Lipinski definition) is 2. The fraction of sp³-hybridized carbons (Fsp3) is 0.250. The van der Waals surface area contributed by atoms with Gasteiger partial charge in [0.05, 0.1) is 12.0 Å². The highest BCUT2D eigenvalue weighted by molar-refractivity contribution is 6.31. The van der Waals surface area contributed by atoms with Gasteiger partial charge in [-0.25, -0.2) is 4.98 Å². The molecule has 0 aliphatic heterocycles. The quantitative estimate of drug-likeness (QED) is 0.870. The van der Waals surface area contributed by atoms with E-state index in [2.05, 4.69) is 4.98 Å². The van der Waals surface area contributed by atoms with Crippen molar-refractivity contribution in [3.63, 3.8) is 0 Å². The van der Waals surface area contributed by atoms with Crippen molar-refractivity contribution >= 4 is 11.6 Å². The molecule has 0 atom stereocenters. The van der Waals surface area contributed by atoms with Crippen LogP contribution in [0.1, 0.15) is 17.0 Å². The molecule has 84 valence electrons. The van der Waals surface area contributed by atoms with Crippen molar-refractivity contribution in [2.75, 3.05) is 0 Å². The summed E-state index contributed by atoms with van der Waals surface area (Å²) in [7, 11) is 0. The molecule has 0 amide bonds. The largest absolute Gasteiger partial charge is 0.326 e. The van der Waals surface area contributed by atoms with Crippen LogP contribution in [-0.4, -0.2) is 9.55 Å². The maximum absolute atomic E-state index is 6.12. The van der Waals surface area contributed by atoms with Gasteiger partial charge in [-0.3, -0.25) is 0 Å². The van der Waals surface area contributed by atoms with Crippen molar-refractivity contribution in [2.45, 2.75) is 20.4 Å². The van der Waals surface area contributed by atoms with E-state index in [9.17, 15) is 0 Å². The second kappa shape index (κ2) is 4.28. The van der Waals surface area contributed by atoms with Crippen molar-refractivity contribution in [1.82, 2.24) is 9.55 Å². The van der Waals surface area contributed by atoms with E-state index in [1.807, 2.05) is 36.6 Å². The Kier molecular flexibility index (Phi) is 2.99. The minimum atomic E-state index is 0.459. The molecule has 1 aromatic carbocycles. The second-order valence-electron chi connectivity index (χ2n) is 3.77. The molecule has 0 aliphatic rings. The summed E-state index contributed by atoms with van der Waals surface area (Å²) in [6.07, 6.45) is 1.80. The Hall–Kier alpha value is -1.32. The summed E-state index contributed by atoms with van der Waals surface area (Å²) in [6.45, 7) is 4.48. The van der Waals surface area contributed by atoms with Crippen molar-refractivity contribution < 1.29 is 0 Å². The average Bonchev–Trinajstić information content (AvgIpc) is 2.60. The molecule has 3 nitrogen and oxygen atoms in total. The fourth-order valence-corrected chi connectivity index (χ4v) is 1.86. The highest BCUT2D eigenvalue weighted by atomic mass is 35.5. The molecule has 0 unspecified atom stereocenters. The Labute approximate surface area is 99.9 Å². The molecule has 2 aromatic rings. The number of halogens is 1. The van der Waals surface area contributed by atoms with E-state index in [0.717, 1.165) is 22.6 Å². The lowest BCUT2D eigenvalue weighted by atomic mass is 10.2. The summed E-state index contributed by atoms with van der Waals surface area (Å²) in [4.78, 5) is 4.26. The molecule has 0 aliphatic carbocycles. The van der Waals surface area contributed by atoms with Crippen molar-refractivity contribution in [2.24, 2.45) is 5.73 Å². The number of nitrogens with zero attached hydrogens (tertiary/aromatic N) is 2. The third kappa shape index (κ3) is 1.84. The SMILES string of the molecule is Cc1ncn(-c2ccc(CN)c(Cl)c2)c1C. The van der Waals surface area contributed by atoms with Crippen LogP contribution in [0.2, 0.25) is 5.02 Å². The fourth-order valence-electron chi connectivity index (χ4n) is 1.61. The molecule has 4 heteroatoms. The van der Waals surface area contributed by atoms with Gasteiger partial charge < -0.3 is 10.3 Å². The first kappa shape index (κ1) is 11.2. The summed E-state index contributed by atoms with van der Waals surface area (Å²) in [5, 5.41) is 0.700. The van der Waals surface area contributed by atoms with E-state index < -0.39 is 0 Å². The van der Waals surface area contributed by atoms with Crippen molar-refractivity contribution in [1.29, 1.82) is 0 Å². The number of imidazole rings is 1. The van der Waals surface area contributed by atoms with Crippen LogP contribution >= 0.6 is 11.6 Å². The first-order valence-electron chi connectivity index (χ1n) is 5.13. The molecule has 0 fully saturated rings. The van der Waals surface area contributed by atoms with Crippen LogP contribution in [-0.2, 0) is 6.54 Å². The van der Waals surface area contributed by atoms with Crippen LogP contribution in [0, 0.1) is 13.8 Å². The van der Waals surface area contributed by atoms with E-state index in [-0.39, 0.29) is 0 Å². The Morgan fingerprint density at radius 2 is 2.12 bits per heavy atom. The summed E-state index contributed by atoms with van der Waals surface area (Å²) < 4.78 is 2.02. The van der Waals surface area contributed by atoms with Gasteiger partial charge in [-0.2, -0.15) is 0 Å². The Morgan fingerprint density at radius 1 is 1.38 bits per heavy atom. The van der Waals surface area contributed by atoms with Gasteiger partial charge in [0.1, 0.15) is 0 Å². The van der Waals surface area contributed by atoms with Crippen LogP contribution in [0.4, 0.5) is 0 Å². The maximum Gasteiger partial charge on any atom is 0.0997 e. The molecule has 16 heavy (non-hydrogen) atoms. The number of aromatic nitrogens is 2. The third-order valence-corrected chi connectivity index (χ3v) is 3.14. The minimum Gasteiger partial charge on any atom is -0.326 e.